The minimum absolute atomic E-state index is 0.0295. The molecular formula is C16H11Cl2NO6S. The number of carboxylic acid groups (broad SMARTS) is 1. The number of hydrogen-bond donors (Lipinski definition) is 3. The molecule has 0 aliphatic heterocycles. The van der Waals surface area contributed by atoms with E-state index in [0.717, 1.165) is 12.3 Å². The van der Waals surface area contributed by atoms with Gasteiger partial charge in [-0.1, -0.05) is 23.2 Å². The highest BCUT2D eigenvalue weighted by Crippen LogP contribution is 2.42. The van der Waals surface area contributed by atoms with Crippen LogP contribution in [0.2, 0.25) is 10.0 Å². The Labute approximate surface area is 157 Å². The first-order valence-electron chi connectivity index (χ1n) is 7.03. The number of rotatable bonds is 4. The quantitative estimate of drug-likeness (QED) is 0.590. The van der Waals surface area contributed by atoms with Gasteiger partial charge in [0.15, 0.2) is 15.6 Å². The van der Waals surface area contributed by atoms with Gasteiger partial charge in [0, 0.05) is 23.2 Å². The van der Waals surface area contributed by atoms with Crippen LogP contribution in [0, 0.1) is 0 Å². The molecule has 2 aromatic carbocycles. The molecule has 0 amide bonds. The topological polar surface area (TPSA) is 117 Å². The minimum Gasteiger partial charge on any atom is -0.507 e. The number of H-pyrrole nitrogens is 1. The first-order chi connectivity index (χ1) is 12.1. The number of aromatic amines is 1. The maximum atomic E-state index is 11.7. The molecule has 0 bridgehead atoms. The van der Waals surface area contributed by atoms with E-state index in [1.165, 1.54) is 24.3 Å². The Hall–Kier alpha value is -2.42. The van der Waals surface area contributed by atoms with E-state index < -0.39 is 21.6 Å². The van der Waals surface area contributed by atoms with E-state index in [9.17, 15) is 18.3 Å². The highest BCUT2D eigenvalue weighted by molar-refractivity contribution is 7.90. The fourth-order valence-electron chi connectivity index (χ4n) is 2.37. The average molecular weight is 416 g/mol. The van der Waals surface area contributed by atoms with Crippen LogP contribution in [0.4, 0.5) is 0 Å². The molecule has 10 heteroatoms. The molecule has 136 valence electrons. The number of nitrogens with one attached hydrogen (secondary N) is 1. The molecule has 3 aromatic rings. The second kappa shape index (κ2) is 6.39. The Morgan fingerprint density at radius 1 is 1.19 bits per heavy atom. The zero-order valence-corrected chi connectivity index (χ0v) is 15.4. The van der Waals surface area contributed by atoms with Gasteiger partial charge in [-0.05, 0) is 24.3 Å². The van der Waals surface area contributed by atoms with Crippen LogP contribution in [0.1, 0.15) is 10.5 Å². The summed E-state index contributed by atoms with van der Waals surface area (Å²) in [5.74, 6) is -1.46. The molecule has 0 atom stereocenters. The summed E-state index contributed by atoms with van der Waals surface area (Å²) in [6.45, 7) is 0. The maximum Gasteiger partial charge on any atom is 0.352 e. The Bertz CT molecular complexity index is 1150. The van der Waals surface area contributed by atoms with Gasteiger partial charge < -0.3 is 19.9 Å². The van der Waals surface area contributed by atoms with Gasteiger partial charge in [-0.2, -0.15) is 0 Å². The van der Waals surface area contributed by atoms with Crippen LogP contribution in [0.3, 0.4) is 0 Å². The summed E-state index contributed by atoms with van der Waals surface area (Å²) in [6, 6.07) is 6.44. The van der Waals surface area contributed by atoms with Crippen LogP contribution in [-0.4, -0.2) is 35.8 Å². The molecule has 0 saturated carbocycles. The number of aromatic hydroxyl groups is 1. The number of hydrogen-bond acceptors (Lipinski definition) is 5. The van der Waals surface area contributed by atoms with Crippen molar-refractivity contribution in [2.45, 2.75) is 4.90 Å². The number of phenols is 1. The standard InChI is InChI=1S/C16H11Cl2NO6S/c1-26(23,24)13-4-7(2-3-12(13)20)25-15-9(17)6-10-8(14(15)18)5-11(19-10)16(21)22/h2-6,19-20H,1H3,(H,21,22). The van der Waals surface area contributed by atoms with Gasteiger partial charge in [-0.3, -0.25) is 0 Å². The highest BCUT2D eigenvalue weighted by atomic mass is 35.5. The maximum absolute atomic E-state index is 11.7. The number of carboxylic acids is 1. The minimum atomic E-state index is -3.68. The van der Waals surface area contributed by atoms with Crippen molar-refractivity contribution >= 4 is 49.9 Å². The second-order valence-electron chi connectivity index (χ2n) is 5.45. The zero-order chi connectivity index (χ0) is 19.2. The van der Waals surface area contributed by atoms with Crippen molar-refractivity contribution in [3.8, 4) is 17.2 Å². The van der Waals surface area contributed by atoms with E-state index in [2.05, 4.69) is 4.98 Å². The summed E-state index contributed by atoms with van der Waals surface area (Å²) in [5.41, 5.74) is 0.339. The third kappa shape index (κ3) is 3.31. The van der Waals surface area contributed by atoms with Gasteiger partial charge in [0.2, 0.25) is 0 Å². The SMILES string of the molecule is CS(=O)(=O)c1cc(Oc2c(Cl)cc3[nH]c(C(=O)O)cc3c2Cl)ccc1O. The second-order valence-corrected chi connectivity index (χ2v) is 8.22. The Balaban J connectivity index is 2.11. The molecule has 3 rings (SSSR count). The van der Waals surface area contributed by atoms with Gasteiger partial charge >= 0.3 is 5.97 Å². The Morgan fingerprint density at radius 2 is 1.88 bits per heavy atom. The van der Waals surface area contributed by atoms with Gasteiger partial charge in [-0.25, -0.2) is 13.2 Å². The number of halogens is 2. The molecule has 0 aliphatic rings. The van der Waals surface area contributed by atoms with Crippen LogP contribution < -0.4 is 4.74 Å². The fraction of sp³-hybridized carbons (Fsp3) is 0.0625. The van der Waals surface area contributed by atoms with Gasteiger partial charge in [-0.15, -0.1) is 0 Å². The van der Waals surface area contributed by atoms with E-state index in [1.54, 1.807) is 0 Å². The number of sulfone groups is 1. The smallest absolute Gasteiger partial charge is 0.352 e. The molecule has 0 fully saturated rings. The highest BCUT2D eigenvalue weighted by Gasteiger charge is 2.19. The summed E-state index contributed by atoms with van der Waals surface area (Å²) in [5, 5.41) is 19.3. The number of ether oxygens (including phenoxy) is 1. The lowest BCUT2D eigenvalue weighted by Crippen LogP contribution is -1.98. The lowest BCUT2D eigenvalue weighted by Gasteiger charge is -2.12. The van der Waals surface area contributed by atoms with Gasteiger partial charge in [0.25, 0.3) is 0 Å². The first kappa shape index (κ1) is 18.4. The zero-order valence-electron chi connectivity index (χ0n) is 13.1. The summed E-state index contributed by atoms with van der Waals surface area (Å²) < 4.78 is 29.0. The van der Waals surface area contributed by atoms with E-state index in [1.807, 2.05) is 0 Å². The van der Waals surface area contributed by atoms with Crippen molar-refractivity contribution in [1.29, 1.82) is 0 Å². The van der Waals surface area contributed by atoms with Crippen molar-refractivity contribution in [2.75, 3.05) is 6.26 Å². The molecular weight excluding hydrogens is 405 g/mol. The van der Waals surface area contributed by atoms with Crippen molar-refractivity contribution in [3.63, 3.8) is 0 Å². The molecule has 0 aliphatic carbocycles. The van der Waals surface area contributed by atoms with Crippen LogP contribution in [-0.2, 0) is 9.84 Å². The van der Waals surface area contributed by atoms with E-state index in [0.29, 0.717) is 10.9 Å². The monoisotopic (exact) mass is 415 g/mol. The van der Waals surface area contributed by atoms with Gasteiger partial charge in [0.1, 0.15) is 22.1 Å². The third-order valence-electron chi connectivity index (χ3n) is 3.55. The van der Waals surface area contributed by atoms with E-state index >= 15 is 0 Å². The van der Waals surface area contributed by atoms with Crippen LogP contribution in [0.5, 0.6) is 17.2 Å². The Kier molecular flexibility index (Phi) is 4.51. The van der Waals surface area contributed by atoms with Crippen molar-refractivity contribution in [2.24, 2.45) is 0 Å². The number of phenolic OH excluding ortho intramolecular Hbond substituents is 1. The summed E-state index contributed by atoms with van der Waals surface area (Å²) in [6.07, 6.45) is 0.949. The third-order valence-corrected chi connectivity index (χ3v) is 5.33. The predicted octanol–water partition coefficient (Wildman–Crippen LogP) is 4.07. The number of aromatic carboxylic acids is 1. The molecule has 0 radical (unpaired) electrons. The van der Waals surface area contributed by atoms with Crippen molar-refractivity contribution < 1.29 is 28.2 Å². The van der Waals surface area contributed by atoms with E-state index in [-0.39, 0.29) is 32.1 Å². The van der Waals surface area contributed by atoms with E-state index in [4.69, 9.17) is 33.0 Å². The molecule has 0 unspecified atom stereocenters. The fourth-order valence-corrected chi connectivity index (χ4v) is 3.73. The average Bonchev–Trinajstić information content (AvgIpc) is 2.96. The molecule has 1 heterocycles. The Morgan fingerprint density at radius 3 is 2.50 bits per heavy atom. The lowest BCUT2D eigenvalue weighted by molar-refractivity contribution is 0.0691. The first-order valence-corrected chi connectivity index (χ1v) is 9.67. The number of benzene rings is 2. The number of carbonyl (C=O) groups is 1. The molecule has 1 aromatic heterocycles. The van der Waals surface area contributed by atoms with Gasteiger partial charge in [0.05, 0.1) is 10.0 Å². The molecule has 26 heavy (non-hydrogen) atoms. The van der Waals surface area contributed by atoms with Crippen LogP contribution in [0.25, 0.3) is 10.9 Å². The number of fused-ring (bicyclic) bond motifs is 1. The largest absolute Gasteiger partial charge is 0.507 e. The van der Waals surface area contributed by atoms with Crippen LogP contribution in [0.15, 0.2) is 35.2 Å². The summed E-state index contributed by atoms with van der Waals surface area (Å²) in [4.78, 5) is 13.4. The summed E-state index contributed by atoms with van der Waals surface area (Å²) in [7, 11) is -3.68. The number of aromatic nitrogens is 1. The lowest BCUT2D eigenvalue weighted by atomic mass is 10.2. The normalized spacial score (nSPS) is 11.7. The molecule has 7 nitrogen and oxygen atoms in total. The van der Waals surface area contributed by atoms with Crippen molar-refractivity contribution in [1.82, 2.24) is 4.98 Å². The molecule has 3 N–H and O–H groups in total. The summed E-state index contributed by atoms with van der Waals surface area (Å²) >= 11 is 12.4. The predicted molar refractivity (Wildman–Crippen MR) is 96.6 cm³/mol. The van der Waals surface area contributed by atoms with Crippen molar-refractivity contribution in [3.05, 3.63) is 46.1 Å². The molecule has 0 saturated heterocycles. The molecule has 0 spiro atoms. The van der Waals surface area contributed by atoms with Crippen LogP contribution >= 0.6 is 23.2 Å².